The first-order chi connectivity index (χ1) is 12.9. The second kappa shape index (κ2) is 8.31. The Balaban J connectivity index is 1.51. The minimum atomic E-state index is -0.369. The Kier molecular flexibility index (Phi) is 5.87. The molecule has 1 aromatic carbocycles. The zero-order valence-corrected chi connectivity index (χ0v) is 16.0. The highest BCUT2D eigenvalue weighted by atomic mass is 32.2. The van der Waals surface area contributed by atoms with Gasteiger partial charge in [0.2, 0.25) is 11.0 Å². The molecule has 0 fully saturated rings. The van der Waals surface area contributed by atoms with E-state index >= 15 is 0 Å². The average Bonchev–Trinajstić information content (AvgIpc) is 3.21. The van der Waals surface area contributed by atoms with E-state index in [4.69, 9.17) is 4.42 Å². The number of carbonyl (C=O) groups excluding carboxylic acids is 2. The van der Waals surface area contributed by atoms with Crippen LogP contribution < -0.4 is 10.6 Å². The van der Waals surface area contributed by atoms with E-state index in [1.165, 1.54) is 47.4 Å². The minimum absolute atomic E-state index is 0.111. The maximum absolute atomic E-state index is 12.9. The van der Waals surface area contributed by atoms with Gasteiger partial charge in [-0.2, -0.15) is 0 Å². The summed E-state index contributed by atoms with van der Waals surface area (Å²) >= 11 is 2.36. The molecule has 3 rings (SSSR count). The zero-order chi connectivity index (χ0) is 19.4. The van der Waals surface area contributed by atoms with Gasteiger partial charge in [-0.15, -0.1) is 10.2 Å². The maximum Gasteiger partial charge on any atom is 0.261 e. The molecule has 0 unspecified atom stereocenters. The zero-order valence-electron chi connectivity index (χ0n) is 14.4. The number of nitrogens with one attached hydrogen (secondary N) is 2. The van der Waals surface area contributed by atoms with E-state index in [1.807, 2.05) is 0 Å². The lowest BCUT2D eigenvalue weighted by molar-refractivity contribution is -0.113. The van der Waals surface area contributed by atoms with Crippen molar-refractivity contribution in [1.82, 2.24) is 10.2 Å². The molecule has 0 radical (unpaired) electrons. The number of aromatic nitrogens is 2. The quantitative estimate of drug-likeness (QED) is 0.476. The molecule has 0 saturated carbocycles. The summed E-state index contributed by atoms with van der Waals surface area (Å²) in [7, 11) is 0. The summed E-state index contributed by atoms with van der Waals surface area (Å²) in [5.41, 5.74) is 0.952. The van der Waals surface area contributed by atoms with Crippen molar-refractivity contribution in [2.45, 2.75) is 18.2 Å². The summed E-state index contributed by atoms with van der Waals surface area (Å²) in [6.45, 7) is 3.48. The number of rotatable bonds is 6. The molecule has 0 aliphatic carbocycles. The minimum Gasteiger partial charge on any atom is -0.466 e. The Bertz CT molecular complexity index is 969. The molecule has 3 aromatic rings. The van der Waals surface area contributed by atoms with Gasteiger partial charge in [0.25, 0.3) is 5.91 Å². The summed E-state index contributed by atoms with van der Waals surface area (Å²) in [5.74, 6) is 0.342. The molecule has 0 spiro atoms. The standard InChI is InChI=1S/C17H15FN4O3S2/c1-9-7-13(10(2)25-9)15(24)20-16-21-22-17(27-16)26-8-14(23)19-12-5-3-11(18)4-6-12/h3-7H,8H2,1-2H3,(H,19,23)(H,20,21,24). The van der Waals surface area contributed by atoms with Crippen molar-refractivity contribution in [2.75, 3.05) is 16.4 Å². The largest absolute Gasteiger partial charge is 0.466 e. The molecule has 0 bridgehead atoms. The smallest absolute Gasteiger partial charge is 0.261 e. The first-order valence-corrected chi connectivity index (χ1v) is 9.61. The molecule has 27 heavy (non-hydrogen) atoms. The average molecular weight is 406 g/mol. The number of hydrogen-bond acceptors (Lipinski definition) is 7. The van der Waals surface area contributed by atoms with Crippen molar-refractivity contribution in [1.29, 1.82) is 0 Å². The van der Waals surface area contributed by atoms with Gasteiger partial charge in [0.1, 0.15) is 17.3 Å². The van der Waals surface area contributed by atoms with E-state index in [0.717, 1.165) is 0 Å². The highest BCUT2D eigenvalue weighted by molar-refractivity contribution is 8.01. The van der Waals surface area contributed by atoms with Gasteiger partial charge >= 0.3 is 0 Å². The molecule has 0 aliphatic rings. The summed E-state index contributed by atoms with van der Waals surface area (Å²) in [6, 6.07) is 7.16. The normalized spacial score (nSPS) is 10.6. The molecule has 140 valence electrons. The number of amides is 2. The van der Waals surface area contributed by atoms with Crippen molar-refractivity contribution in [3.8, 4) is 0 Å². The van der Waals surface area contributed by atoms with Gasteiger partial charge in [-0.25, -0.2) is 4.39 Å². The SMILES string of the molecule is Cc1cc(C(=O)Nc2nnc(SCC(=O)Nc3ccc(F)cc3)s2)c(C)o1. The summed E-state index contributed by atoms with van der Waals surface area (Å²) in [6.07, 6.45) is 0. The number of thioether (sulfide) groups is 1. The third kappa shape index (κ3) is 5.14. The lowest BCUT2D eigenvalue weighted by atomic mass is 10.2. The number of aryl methyl sites for hydroxylation is 2. The highest BCUT2D eigenvalue weighted by Crippen LogP contribution is 2.26. The second-order valence-electron chi connectivity index (χ2n) is 5.50. The number of hydrogen-bond donors (Lipinski definition) is 2. The molecule has 0 atom stereocenters. The van der Waals surface area contributed by atoms with Crippen LogP contribution in [0.2, 0.25) is 0 Å². The van der Waals surface area contributed by atoms with Crippen LogP contribution in [-0.2, 0) is 4.79 Å². The van der Waals surface area contributed by atoms with Gasteiger partial charge in [0.05, 0.1) is 11.3 Å². The molecule has 2 amide bonds. The van der Waals surface area contributed by atoms with Gasteiger partial charge in [-0.3, -0.25) is 14.9 Å². The molecule has 7 nitrogen and oxygen atoms in total. The lowest BCUT2D eigenvalue weighted by Crippen LogP contribution is -2.13. The molecule has 0 aliphatic heterocycles. The molecule has 10 heteroatoms. The number of anilines is 2. The molecule has 2 heterocycles. The third-order valence-corrected chi connectivity index (χ3v) is 5.34. The van der Waals surface area contributed by atoms with Crippen molar-refractivity contribution < 1.29 is 18.4 Å². The number of halogens is 1. The van der Waals surface area contributed by atoms with Gasteiger partial charge in [-0.1, -0.05) is 23.1 Å². The second-order valence-corrected chi connectivity index (χ2v) is 7.70. The fourth-order valence-corrected chi connectivity index (χ4v) is 3.74. The van der Waals surface area contributed by atoms with Crippen LogP contribution in [0, 0.1) is 19.7 Å². The lowest BCUT2D eigenvalue weighted by Gasteiger charge is -2.03. The number of nitrogens with zero attached hydrogens (tertiary/aromatic N) is 2. The van der Waals surface area contributed by atoms with Gasteiger partial charge in [0, 0.05) is 5.69 Å². The van der Waals surface area contributed by atoms with Crippen molar-refractivity contribution in [3.63, 3.8) is 0 Å². The monoisotopic (exact) mass is 406 g/mol. The molecule has 0 saturated heterocycles. The number of furan rings is 1. The van der Waals surface area contributed by atoms with E-state index in [1.54, 1.807) is 19.9 Å². The van der Waals surface area contributed by atoms with Crippen LogP contribution in [0.15, 0.2) is 39.1 Å². The molecular formula is C17H15FN4O3S2. The maximum atomic E-state index is 12.9. The van der Waals surface area contributed by atoms with Crippen molar-refractivity contribution in [2.24, 2.45) is 0 Å². The van der Waals surface area contributed by atoms with E-state index in [0.29, 0.717) is 32.2 Å². The van der Waals surface area contributed by atoms with Gasteiger partial charge in [-0.05, 0) is 44.2 Å². The molecular weight excluding hydrogens is 391 g/mol. The van der Waals surface area contributed by atoms with Gasteiger partial charge in [0.15, 0.2) is 4.34 Å². The van der Waals surface area contributed by atoms with E-state index in [-0.39, 0.29) is 23.4 Å². The predicted molar refractivity (Wildman–Crippen MR) is 102 cm³/mol. The fourth-order valence-electron chi connectivity index (χ4n) is 2.20. The fraction of sp³-hybridized carbons (Fsp3) is 0.176. The molecule has 2 N–H and O–H groups in total. The first kappa shape index (κ1) is 19.1. The summed E-state index contributed by atoms with van der Waals surface area (Å²) in [5, 5.41) is 13.5. The first-order valence-electron chi connectivity index (χ1n) is 7.81. The Morgan fingerprint density at radius 3 is 2.59 bits per heavy atom. The predicted octanol–water partition coefficient (Wildman–Crippen LogP) is 3.87. The van der Waals surface area contributed by atoms with Gasteiger partial charge < -0.3 is 9.73 Å². The van der Waals surface area contributed by atoms with Crippen LogP contribution in [0.1, 0.15) is 21.9 Å². The van der Waals surface area contributed by atoms with Crippen LogP contribution in [0.5, 0.6) is 0 Å². The number of carbonyl (C=O) groups is 2. The van der Waals surface area contributed by atoms with Crippen LogP contribution in [-0.4, -0.2) is 27.8 Å². The van der Waals surface area contributed by atoms with Crippen molar-refractivity contribution >= 4 is 45.7 Å². The Morgan fingerprint density at radius 2 is 1.93 bits per heavy atom. The summed E-state index contributed by atoms with van der Waals surface area (Å²) in [4.78, 5) is 24.2. The van der Waals surface area contributed by atoms with Crippen LogP contribution in [0.25, 0.3) is 0 Å². The highest BCUT2D eigenvalue weighted by Gasteiger charge is 2.16. The Morgan fingerprint density at radius 1 is 1.19 bits per heavy atom. The van der Waals surface area contributed by atoms with Crippen LogP contribution in [0.3, 0.4) is 0 Å². The molecule has 2 aromatic heterocycles. The Labute approximate surface area is 162 Å². The van der Waals surface area contributed by atoms with E-state index in [9.17, 15) is 14.0 Å². The third-order valence-electron chi connectivity index (χ3n) is 3.37. The number of benzene rings is 1. The Hall–Kier alpha value is -2.72. The van der Waals surface area contributed by atoms with E-state index in [2.05, 4.69) is 20.8 Å². The topological polar surface area (TPSA) is 97.1 Å². The van der Waals surface area contributed by atoms with Crippen LogP contribution in [0.4, 0.5) is 15.2 Å². The summed E-state index contributed by atoms with van der Waals surface area (Å²) < 4.78 is 18.7. The van der Waals surface area contributed by atoms with Crippen molar-refractivity contribution in [3.05, 3.63) is 53.2 Å². The van der Waals surface area contributed by atoms with Crippen LogP contribution >= 0.6 is 23.1 Å². The van der Waals surface area contributed by atoms with E-state index < -0.39 is 0 Å².